The molecule has 1 heterocycles. The third kappa shape index (κ3) is 4.23. The Morgan fingerprint density at radius 2 is 2.12 bits per heavy atom. The monoisotopic (exact) mass is 345 g/mol. The fourth-order valence-electron chi connectivity index (χ4n) is 2.87. The van der Waals surface area contributed by atoms with Crippen molar-refractivity contribution in [2.75, 3.05) is 0 Å². The largest absolute Gasteiger partial charge is 0.353 e. The van der Waals surface area contributed by atoms with Crippen molar-refractivity contribution in [3.8, 4) is 0 Å². The summed E-state index contributed by atoms with van der Waals surface area (Å²) in [5.74, 6) is 0.743. The molecule has 0 saturated heterocycles. The van der Waals surface area contributed by atoms with E-state index >= 15 is 0 Å². The number of benzene rings is 1. The molecule has 0 atom stereocenters. The van der Waals surface area contributed by atoms with Gasteiger partial charge in [-0.15, -0.1) is 0 Å². The normalized spacial score (nSPS) is 15.7. The fraction of sp³-hybridized carbons (Fsp3) is 0.389. The number of allylic oxidation sites excluding steroid dienone is 1. The highest BCUT2D eigenvalue weighted by molar-refractivity contribution is 6.32. The lowest BCUT2D eigenvalue weighted by Gasteiger charge is -2.10. The molecule has 0 spiro atoms. The van der Waals surface area contributed by atoms with E-state index < -0.39 is 0 Å². The molecule has 1 aromatic heterocycles. The van der Waals surface area contributed by atoms with Gasteiger partial charge in [0.05, 0.1) is 6.42 Å². The number of carbonyl (C=O) groups excluding carboxylic acids is 1. The summed E-state index contributed by atoms with van der Waals surface area (Å²) in [6, 6.07) is 7.83. The minimum absolute atomic E-state index is 0.0537. The Labute approximate surface area is 146 Å². The second-order valence-electron chi connectivity index (χ2n) is 6.09. The second kappa shape index (κ2) is 7.62. The van der Waals surface area contributed by atoms with Gasteiger partial charge in [-0.05, 0) is 37.5 Å². The minimum Gasteiger partial charge on any atom is -0.353 e. The molecule has 5 nitrogen and oxygen atoms in total. The number of hydrogen-bond acceptors (Lipinski definition) is 4. The van der Waals surface area contributed by atoms with Gasteiger partial charge >= 0.3 is 0 Å². The molecule has 1 N–H and O–H groups in total. The zero-order valence-corrected chi connectivity index (χ0v) is 14.3. The smallest absolute Gasteiger partial charge is 0.253 e. The standard InChI is InChI=1S/C18H20ClN3O2/c1-12(10-13-6-2-5-9-15(13)19)18-21-16(22-24-18)11-17(23)20-14-7-3-4-8-14/h2,5-6,9-10,14H,3-4,7-8,11H2,1H3,(H,20,23)/b12-10-. The molecule has 1 saturated carbocycles. The van der Waals surface area contributed by atoms with E-state index in [4.69, 9.17) is 16.1 Å². The summed E-state index contributed by atoms with van der Waals surface area (Å²) in [5.41, 5.74) is 1.69. The van der Waals surface area contributed by atoms with Crippen LogP contribution in [0.1, 0.15) is 49.9 Å². The Morgan fingerprint density at radius 3 is 2.88 bits per heavy atom. The second-order valence-corrected chi connectivity index (χ2v) is 6.50. The molecule has 3 rings (SSSR count). The van der Waals surface area contributed by atoms with E-state index in [1.165, 1.54) is 12.8 Å². The summed E-state index contributed by atoms with van der Waals surface area (Å²) >= 11 is 6.15. The lowest BCUT2D eigenvalue weighted by atomic mass is 10.1. The quantitative estimate of drug-likeness (QED) is 0.892. The number of nitrogens with zero attached hydrogens (tertiary/aromatic N) is 2. The van der Waals surface area contributed by atoms with Gasteiger partial charge in [-0.1, -0.05) is 47.8 Å². The zero-order chi connectivity index (χ0) is 16.9. The van der Waals surface area contributed by atoms with Crippen LogP contribution >= 0.6 is 11.6 Å². The third-order valence-electron chi connectivity index (χ3n) is 4.12. The zero-order valence-electron chi connectivity index (χ0n) is 13.6. The van der Waals surface area contributed by atoms with Crippen LogP contribution < -0.4 is 5.32 Å². The van der Waals surface area contributed by atoms with Crippen LogP contribution in [0.3, 0.4) is 0 Å². The summed E-state index contributed by atoms with van der Waals surface area (Å²) in [6.07, 6.45) is 6.51. The highest BCUT2D eigenvalue weighted by Gasteiger charge is 2.19. The van der Waals surface area contributed by atoms with Crippen molar-refractivity contribution in [2.45, 2.75) is 45.1 Å². The molecule has 1 amide bonds. The summed E-state index contributed by atoms with van der Waals surface area (Å²) < 4.78 is 5.26. The average Bonchev–Trinajstić information content (AvgIpc) is 3.21. The van der Waals surface area contributed by atoms with E-state index in [0.717, 1.165) is 24.0 Å². The summed E-state index contributed by atoms with van der Waals surface area (Å²) in [4.78, 5) is 16.3. The van der Waals surface area contributed by atoms with E-state index in [2.05, 4.69) is 15.5 Å². The first kappa shape index (κ1) is 16.7. The van der Waals surface area contributed by atoms with Gasteiger partial charge in [-0.2, -0.15) is 4.98 Å². The number of rotatable bonds is 5. The highest BCUT2D eigenvalue weighted by atomic mass is 35.5. The summed E-state index contributed by atoms with van der Waals surface area (Å²) in [5, 5.41) is 7.58. The van der Waals surface area contributed by atoms with E-state index in [1.54, 1.807) is 0 Å². The van der Waals surface area contributed by atoms with Gasteiger partial charge in [0, 0.05) is 16.6 Å². The maximum absolute atomic E-state index is 12.0. The lowest BCUT2D eigenvalue weighted by molar-refractivity contribution is -0.121. The van der Waals surface area contributed by atoms with Crippen molar-refractivity contribution in [2.24, 2.45) is 0 Å². The van der Waals surface area contributed by atoms with Crippen LogP contribution in [0, 0.1) is 0 Å². The van der Waals surface area contributed by atoms with Crippen LogP contribution in [0.15, 0.2) is 28.8 Å². The number of aromatic nitrogens is 2. The van der Waals surface area contributed by atoms with Crippen molar-refractivity contribution in [3.63, 3.8) is 0 Å². The molecule has 0 radical (unpaired) electrons. The van der Waals surface area contributed by atoms with E-state index in [-0.39, 0.29) is 12.3 Å². The molecule has 0 aliphatic heterocycles. The molecule has 6 heteroatoms. The molecule has 126 valence electrons. The van der Waals surface area contributed by atoms with Crippen molar-refractivity contribution < 1.29 is 9.32 Å². The van der Waals surface area contributed by atoms with Crippen LogP contribution in [0.4, 0.5) is 0 Å². The molecular weight excluding hydrogens is 326 g/mol. The Hall–Kier alpha value is -2.14. The first-order valence-corrected chi connectivity index (χ1v) is 8.55. The average molecular weight is 346 g/mol. The highest BCUT2D eigenvalue weighted by Crippen LogP contribution is 2.22. The van der Waals surface area contributed by atoms with Crippen LogP contribution in [0.2, 0.25) is 5.02 Å². The third-order valence-corrected chi connectivity index (χ3v) is 4.47. The van der Waals surface area contributed by atoms with Crippen molar-refractivity contribution in [1.29, 1.82) is 0 Å². The fourth-order valence-corrected chi connectivity index (χ4v) is 3.06. The van der Waals surface area contributed by atoms with Crippen molar-refractivity contribution in [3.05, 3.63) is 46.6 Å². The van der Waals surface area contributed by atoms with Gasteiger partial charge < -0.3 is 9.84 Å². The van der Waals surface area contributed by atoms with Crippen molar-refractivity contribution in [1.82, 2.24) is 15.5 Å². The Bertz CT molecular complexity index is 748. The van der Waals surface area contributed by atoms with E-state index in [9.17, 15) is 4.79 Å². The molecule has 2 aromatic rings. The first-order valence-electron chi connectivity index (χ1n) is 8.17. The van der Waals surface area contributed by atoms with Gasteiger partial charge in [-0.25, -0.2) is 0 Å². The molecule has 24 heavy (non-hydrogen) atoms. The lowest BCUT2D eigenvalue weighted by Crippen LogP contribution is -2.33. The number of nitrogens with one attached hydrogen (secondary N) is 1. The van der Waals surface area contributed by atoms with Crippen LogP contribution in [-0.2, 0) is 11.2 Å². The Morgan fingerprint density at radius 1 is 1.38 bits per heavy atom. The molecule has 1 aromatic carbocycles. The van der Waals surface area contributed by atoms with Crippen LogP contribution in [-0.4, -0.2) is 22.1 Å². The van der Waals surface area contributed by atoms with Crippen LogP contribution in [0.5, 0.6) is 0 Å². The molecule has 1 aliphatic carbocycles. The Kier molecular flexibility index (Phi) is 5.30. The summed E-state index contributed by atoms with van der Waals surface area (Å²) in [7, 11) is 0. The number of halogens is 1. The van der Waals surface area contributed by atoms with E-state index in [1.807, 2.05) is 37.3 Å². The molecule has 0 bridgehead atoms. The summed E-state index contributed by atoms with van der Waals surface area (Å²) in [6.45, 7) is 1.87. The molecular formula is C18H20ClN3O2. The van der Waals surface area contributed by atoms with Gasteiger partial charge in [0.2, 0.25) is 5.91 Å². The van der Waals surface area contributed by atoms with Gasteiger partial charge in [0.1, 0.15) is 0 Å². The van der Waals surface area contributed by atoms with Gasteiger partial charge in [0.15, 0.2) is 5.82 Å². The van der Waals surface area contributed by atoms with Crippen LogP contribution in [0.25, 0.3) is 11.6 Å². The Balaban J connectivity index is 1.64. The molecule has 1 aliphatic rings. The number of carbonyl (C=O) groups is 1. The number of hydrogen-bond donors (Lipinski definition) is 1. The first-order chi connectivity index (χ1) is 11.6. The SMILES string of the molecule is C/C(=C/c1ccccc1Cl)c1nc(CC(=O)NC2CCCC2)no1. The maximum Gasteiger partial charge on any atom is 0.253 e. The van der Waals surface area contributed by atoms with Gasteiger partial charge in [-0.3, -0.25) is 4.79 Å². The van der Waals surface area contributed by atoms with Gasteiger partial charge in [0.25, 0.3) is 5.89 Å². The van der Waals surface area contributed by atoms with Crippen molar-refractivity contribution >= 4 is 29.2 Å². The van der Waals surface area contributed by atoms with E-state index in [0.29, 0.717) is 22.8 Å². The number of amides is 1. The topological polar surface area (TPSA) is 68.0 Å². The maximum atomic E-state index is 12.0. The molecule has 0 unspecified atom stereocenters. The minimum atomic E-state index is -0.0537. The predicted molar refractivity (Wildman–Crippen MR) is 93.4 cm³/mol. The predicted octanol–water partition coefficient (Wildman–Crippen LogP) is 3.88. The molecule has 1 fully saturated rings.